The van der Waals surface area contributed by atoms with Gasteiger partial charge in [0, 0.05) is 46.2 Å². The Labute approximate surface area is 189 Å². The lowest BCUT2D eigenvalue weighted by atomic mass is 10.1. The molecule has 3 N–H and O–H groups in total. The van der Waals surface area contributed by atoms with Crippen LogP contribution in [0.4, 0.5) is 10.2 Å². The van der Waals surface area contributed by atoms with Gasteiger partial charge in [0.15, 0.2) is 11.6 Å². The Morgan fingerprint density at radius 2 is 2.10 bits per heavy atom. The van der Waals surface area contributed by atoms with Crippen molar-refractivity contribution in [2.75, 3.05) is 12.3 Å². The molecule has 1 aromatic carbocycles. The van der Waals surface area contributed by atoms with Crippen LogP contribution in [-0.2, 0) is 0 Å². The van der Waals surface area contributed by atoms with Crippen LogP contribution in [-0.4, -0.2) is 26.8 Å². The highest BCUT2D eigenvalue weighted by atomic mass is 35.5. The van der Waals surface area contributed by atoms with E-state index in [-0.39, 0.29) is 10.8 Å². The summed E-state index contributed by atoms with van der Waals surface area (Å²) in [5.74, 6) is 0.0362. The molecule has 1 aliphatic heterocycles. The number of nitrogen functional groups attached to an aromatic ring is 1. The van der Waals surface area contributed by atoms with Crippen LogP contribution in [0.25, 0.3) is 11.1 Å². The lowest BCUT2D eigenvalue weighted by Crippen LogP contribution is -2.22. The number of aromatic nitrogens is 3. The first-order valence-electron chi connectivity index (χ1n) is 10.2. The molecule has 31 heavy (non-hydrogen) atoms. The van der Waals surface area contributed by atoms with Crippen LogP contribution < -0.4 is 15.8 Å². The van der Waals surface area contributed by atoms with E-state index in [4.69, 9.17) is 33.7 Å². The summed E-state index contributed by atoms with van der Waals surface area (Å²) in [5.41, 5.74) is 8.49. The number of ether oxygens (including phenoxy) is 1. The highest BCUT2D eigenvalue weighted by Gasteiger charge is 2.48. The Bertz CT molecular complexity index is 1150. The molecule has 9 heteroatoms. The van der Waals surface area contributed by atoms with Crippen LogP contribution in [0.3, 0.4) is 0 Å². The highest BCUT2D eigenvalue weighted by molar-refractivity contribution is 6.36. The van der Waals surface area contributed by atoms with Crippen molar-refractivity contribution in [2.24, 2.45) is 0 Å². The number of nitrogens with two attached hydrogens (primary N) is 1. The maximum Gasteiger partial charge on any atom is 0.166 e. The van der Waals surface area contributed by atoms with Crippen molar-refractivity contribution in [3.63, 3.8) is 0 Å². The molecule has 0 amide bonds. The average molecular weight is 462 g/mol. The lowest BCUT2D eigenvalue weighted by molar-refractivity contribution is 0.227. The molecule has 2 atom stereocenters. The van der Waals surface area contributed by atoms with E-state index in [2.05, 4.69) is 15.4 Å². The van der Waals surface area contributed by atoms with Gasteiger partial charge in [-0.3, -0.25) is 4.68 Å². The molecule has 1 saturated carbocycles. The Hall–Kier alpha value is -2.35. The van der Waals surface area contributed by atoms with Crippen LogP contribution in [0.15, 0.2) is 36.8 Å². The van der Waals surface area contributed by atoms with Crippen LogP contribution in [0.1, 0.15) is 43.9 Å². The van der Waals surface area contributed by atoms with Gasteiger partial charge in [0.1, 0.15) is 11.9 Å². The molecule has 1 spiro atoms. The van der Waals surface area contributed by atoms with Gasteiger partial charge in [-0.25, -0.2) is 9.37 Å². The molecule has 0 radical (unpaired) electrons. The minimum Gasteiger partial charge on any atom is -0.482 e. The number of hydrogen-bond acceptors (Lipinski definition) is 5. The van der Waals surface area contributed by atoms with Gasteiger partial charge in [-0.2, -0.15) is 5.10 Å². The van der Waals surface area contributed by atoms with E-state index in [1.54, 1.807) is 19.2 Å². The van der Waals surface area contributed by atoms with Crippen molar-refractivity contribution >= 4 is 29.0 Å². The van der Waals surface area contributed by atoms with E-state index >= 15 is 0 Å². The highest BCUT2D eigenvalue weighted by Crippen LogP contribution is 2.46. The number of rotatable bonds is 5. The molecule has 1 aliphatic carbocycles. The number of nitrogens with one attached hydrogen (secondary N) is 1. The molecule has 5 rings (SSSR count). The van der Waals surface area contributed by atoms with Gasteiger partial charge in [0.05, 0.1) is 17.3 Å². The number of nitrogens with zero attached hydrogens (tertiary/aromatic N) is 3. The van der Waals surface area contributed by atoms with E-state index in [1.165, 1.54) is 25.0 Å². The summed E-state index contributed by atoms with van der Waals surface area (Å²) < 4.78 is 21.9. The summed E-state index contributed by atoms with van der Waals surface area (Å²) in [4.78, 5) is 4.27. The number of benzene rings is 1. The van der Waals surface area contributed by atoms with Gasteiger partial charge in [0.2, 0.25) is 0 Å². The molecule has 2 fully saturated rings. The van der Waals surface area contributed by atoms with Gasteiger partial charge in [-0.15, -0.1) is 0 Å². The van der Waals surface area contributed by atoms with Crippen molar-refractivity contribution in [3.05, 3.63) is 58.2 Å². The Balaban J connectivity index is 1.38. The maximum absolute atomic E-state index is 13.9. The van der Waals surface area contributed by atoms with E-state index in [0.29, 0.717) is 27.9 Å². The maximum atomic E-state index is 13.9. The number of pyridine rings is 1. The fourth-order valence-electron chi connectivity index (χ4n) is 4.21. The zero-order valence-electron chi connectivity index (χ0n) is 16.9. The summed E-state index contributed by atoms with van der Waals surface area (Å²) in [5, 5.41) is 8.43. The SMILES string of the molecule is C[C@@H](Oc1cc(-c2cnn([C@H]3CNC4(CC4)C3)c2)cnc1N)c1c(Cl)ccc(F)c1Cl. The molecular formula is C22H22Cl2FN5O. The molecule has 2 aliphatic rings. The predicted molar refractivity (Wildman–Crippen MR) is 119 cm³/mol. The second kappa shape index (κ2) is 7.65. The summed E-state index contributed by atoms with van der Waals surface area (Å²) in [6, 6.07) is 4.83. The van der Waals surface area contributed by atoms with Gasteiger partial charge in [-0.1, -0.05) is 23.2 Å². The van der Waals surface area contributed by atoms with Crippen molar-refractivity contribution < 1.29 is 9.13 Å². The lowest BCUT2D eigenvalue weighted by Gasteiger charge is -2.19. The normalized spacial score (nSPS) is 20.2. The largest absolute Gasteiger partial charge is 0.482 e. The standard InChI is InChI=1S/C22H22Cl2FN5O/c1-12(19-16(23)2-3-17(25)20(19)24)31-18-6-13(8-27-21(18)26)14-9-29-30(11-14)15-7-22(4-5-22)28-10-15/h2-3,6,8-9,11-12,15,28H,4-5,7,10H2,1H3,(H2,26,27)/t12-,15-/m1/s1. The van der Waals surface area contributed by atoms with E-state index < -0.39 is 11.9 Å². The van der Waals surface area contributed by atoms with Crippen molar-refractivity contribution in [3.8, 4) is 16.9 Å². The molecule has 0 bridgehead atoms. The van der Waals surface area contributed by atoms with Crippen molar-refractivity contribution in [2.45, 2.75) is 43.9 Å². The molecule has 2 aromatic heterocycles. The summed E-state index contributed by atoms with van der Waals surface area (Å²) in [6.45, 7) is 2.67. The summed E-state index contributed by atoms with van der Waals surface area (Å²) in [6.07, 6.45) is 8.50. The Morgan fingerprint density at radius 3 is 2.84 bits per heavy atom. The van der Waals surface area contributed by atoms with Crippen molar-refractivity contribution in [1.29, 1.82) is 0 Å². The molecular weight excluding hydrogens is 440 g/mol. The fraction of sp³-hybridized carbons (Fsp3) is 0.364. The molecule has 6 nitrogen and oxygen atoms in total. The van der Waals surface area contributed by atoms with E-state index in [1.807, 2.05) is 17.1 Å². The van der Waals surface area contributed by atoms with Crippen LogP contribution in [0.5, 0.6) is 5.75 Å². The quantitative estimate of drug-likeness (QED) is 0.511. The van der Waals surface area contributed by atoms with Crippen LogP contribution in [0.2, 0.25) is 10.0 Å². The minimum absolute atomic E-state index is 0.0671. The van der Waals surface area contributed by atoms with Gasteiger partial charge in [-0.05, 0) is 44.4 Å². The monoisotopic (exact) mass is 461 g/mol. The van der Waals surface area contributed by atoms with Gasteiger partial charge < -0.3 is 15.8 Å². The molecule has 0 unspecified atom stereocenters. The zero-order valence-corrected chi connectivity index (χ0v) is 18.4. The average Bonchev–Trinajstić information content (AvgIpc) is 3.12. The van der Waals surface area contributed by atoms with Crippen molar-refractivity contribution in [1.82, 2.24) is 20.1 Å². The molecule has 3 heterocycles. The zero-order chi connectivity index (χ0) is 21.8. The molecule has 3 aromatic rings. The van der Waals surface area contributed by atoms with Gasteiger partial charge in [0.25, 0.3) is 0 Å². The van der Waals surface area contributed by atoms with Gasteiger partial charge >= 0.3 is 0 Å². The second-order valence-electron chi connectivity index (χ2n) is 8.35. The first kappa shape index (κ1) is 20.5. The predicted octanol–water partition coefficient (Wildman–Crippen LogP) is 5.18. The first-order chi connectivity index (χ1) is 14.8. The second-order valence-corrected chi connectivity index (χ2v) is 9.14. The van der Waals surface area contributed by atoms with Crippen LogP contribution in [0, 0.1) is 5.82 Å². The molecule has 162 valence electrons. The van der Waals surface area contributed by atoms with E-state index in [0.717, 1.165) is 24.1 Å². The Kier molecular flexibility index (Phi) is 5.07. The van der Waals surface area contributed by atoms with E-state index in [9.17, 15) is 4.39 Å². The smallest absolute Gasteiger partial charge is 0.166 e. The number of halogens is 3. The third-order valence-corrected chi connectivity index (χ3v) is 6.89. The third-order valence-electron chi connectivity index (χ3n) is 6.17. The summed E-state index contributed by atoms with van der Waals surface area (Å²) in [7, 11) is 0. The topological polar surface area (TPSA) is 78.0 Å². The summed E-state index contributed by atoms with van der Waals surface area (Å²) >= 11 is 12.3. The minimum atomic E-state index is -0.628. The molecule has 1 saturated heterocycles. The fourth-order valence-corrected chi connectivity index (χ4v) is 4.89. The van der Waals surface area contributed by atoms with Crippen LogP contribution >= 0.6 is 23.2 Å². The number of anilines is 1. The number of hydrogen-bond donors (Lipinski definition) is 2. The first-order valence-corrected chi connectivity index (χ1v) is 11.0. The Morgan fingerprint density at radius 1 is 1.29 bits per heavy atom. The third kappa shape index (κ3) is 3.86.